The number of piperidine rings is 1. The average molecular weight is 556 g/mol. The maximum atomic E-state index is 6.51. The standard InChI is InChI=1S/C27H24Cl2N4OS2/c28-22-8-6-21(17-23(22)29)31-25(35)30-20-7-9-24-18(16-20)10-11-27(34-24)12-14-33(15-13-27)26(36)32-19-4-2-1-3-5-19/h1-11,16-17H,12-15H2,(H,32,36)(H2,30,31,35). The van der Waals surface area contributed by atoms with Crippen molar-refractivity contribution in [2.75, 3.05) is 29.0 Å². The van der Waals surface area contributed by atoms with Crippen LogP contribution in [-0.4, -0.2) is 33.8 Å². The number of nitrogens with one attached hydrogen (secondary N) is 3. The fraction of sp³-hybridized carbons (Fsp3) is 0.185. The Bertz CT molecular complexity index is 1320. The van der Waals surface area contributed by atoms with Gasteiger partial charge in [0, 0.05) is 48.6 Å². The molecular weight excluding hydrogens is 531 g/mol. The van der Waals surface area contributed by atoms with Gasteiger partial charge in [-0.15, -0.1) is 0 Å². The van der Waals surface area contributed by atoms with Crippen LogP contribution in [0.4, 0.5) is 17.1 Å². The van der Waals surface area contributed by atoms with Gasteiger partial charge in [-0.05, 0) is 79.0 Å². The molecule has 184 valence electrons. The van der Waals surface area contributed by atoms with Crippen LogP contribution in [-0.2, 0) is 0 Å². The second kappa shape index (κ2) is 10.6. The van der Waals surface area contributed by atoms with E-state index in [1.165, 1.54) is 0 Å². The van der Waals surface area contributed by atoms with Crippen molar-refractivity contribution in [1.29, 1.82) is 0 Å². The number of likely N-dealkylation sites (tertiary alicyclic amines) is 1. The van der Waals surface area contributed by atoms with Crippen LogP contribution in [0.25, 0.3) is 6.08 Å². The van der Waals surface area contributed by atoms with E-state index in [0.29, 0.717) is 15.2 Å². The summed E-state index contributed by atoms with van der Waals surface area (Å²) in [6.07, 6.45) is 6.03. The van der Waals surface area contributed by atoms with Crippen LogP contribution in [0.3, 0.4) is 0 Å². The Morgan fingerprint density at radius 1 is 0.806 bits per heavy atom. The molecular formula is C27H24Cl2N4OS2. The Labute approximate surface area is 231 Å². The molecule has 3 N–H and O–H groups in total. The number of hydrogen-bond acceptors (Lipinski definition) is 3. The molecule has 0 aromatic heterocycles. The molecule has 0 unspecified atom stereocenters. The zero-order valence-corrected chi connectivity index (χ0v) is 22.4. The van der Waals surface area contributed by atoms with Crippen LogP contribution in [0, 0.1) is 0 Å². The van der Waals surface area contributed by atoms with Crippen molar-refractivity contribution >= 4 is 81.0 Å². The van der Waals surface area contributed by atoms with Gasteiger partial charge in [0.25, 0.3) is 0 Å². The molecule has 1 spiro atoms. The number of anilines is 3. The van der Waals surface area contributed by atoms with Gasteiger partial charge in [-0.3, -0.25) is 0 Å². The monoisotopic (exact) mass is 554 g/mol. The molecule has 2 heterocycles. The number of fused-ring (bicyclic) bond motifs is 1. The smallest absolute Gasteiger partial charge is 0.175 e. The molecule has 1 saturated heterocycles. The first-order valence-electron chi connectivity index (χ1n) is 11.6. The van der Waals surface area contributed by atoms with E-state index in [1.807, 2.05) is 54.6 Å². The number of para-hydroxylation sites is 1. The Morgan fingerprint density at radius 2 is 1.50 bits per heavy atom. The van der Waals surface area contributed by atoms with E-state index in [1.54, 1.807) is 12.1 Å². The molecule has 5 nitrogen and oxygen atoms in total. The number of halogens is 2. The molecule has 0 aliphatic carbocycles. The third kappa shape index (κ3) is 5.76. The minimum Gasteiger partial charge on any atom is -0.482 e. The fourth-order valence-electron chi connectivity index (χ4n) is 4.29. The minimum atomic E-state index is -0.314. The highest BCUT2D eigenvalue weighted by molar-refractivity contribution is 7.80. The Hall–Kier alpha value is -2.84. The topological polar surface area (TPSA) is 48.6 Å². The number of ether oxygens (including phenoxy) is 1. The van der Waals surface area contributed by atoms with E-state index < -0.39 is 0 Å². The zero-order chi connectivity index (χ0) is 25.1. The molecule has 0 radical (unpaired) electrons. The van der Waals surface area contributed by atoms with E-state index in [9.17, 15) is 0 Å². The van der Waals surface area contributed by atoms with Gasteiger partial charge in [-0.25, -0.2) is 0 Å². The van der Waals surface area contributed by atoms with E-state index in [0.717, 1.165) is 59.4 Å². The summed E-state index contributed by atoms with van der Waals surface area (Å²) >= 11 is 23.2. The van der Waals surface area contributed by atoms with E-state index >= 15 is 0 Å². The number of hydrogen-bond donors (Lipinski definition) is 3. The van der Waals surface area contributed by atoms with Crippen molar-refractivity contribution in [2.24, 2.45) is 0 Å². The highest BCUT2D eigenvalue weighted by Gasteiger charge is 2.37. The normalized spacial score (nSPS) is 15.6. The van der Waals surface area contributed by atoms with Crippen LogP contribution in [0.1, 0.15) is 18.4 Å². The molecule has 0 bridgehead atoms. The highest BCUT2D eigenvalue weighted by atomic mass is 35.5. The summed E-state index contributed by atoms with van der Waals surface area (Å²) in [7, 11) is 0. The summed E-state index contributed by atoms with van der Waals surface area (Å²) < 4.78 is 6.51. The van der Waals surface area contributed by atoms with Crippen LogP contribution in [0.5, 0.6) is 5.75 Å². The van der Waals surface area contributed by atoms with Gasteiger partial charge in [-0.1, -0.05) is 47.5 Å². The first-order valence-corrected chi connectivity index (χ1v) is 13.1. The van der Waals surface area contributed by atoms with Crippen molar-refractivity contribution in [1.82, 2.24) is 4.90 Å². The number of benzene rings is 3. The molecule has 2 aliphatic heterocycles. The van der Waals surface area contributed by atoms with Gasteiger partial charge in [0.05, 0.1) is 10.0 Å². The molecule has 9 heteroatoms. The van der Waals surface area contributed by atoms with Crippen LogP contribution < -0.4 is 20.7 Å². The summed E-state index contributed by atoms with van der Waals surface area (Å²) in [4.78, 5) is 2.20. The molecule has 3 aromatic rings. The van der Waals surface area contributed by atoms with Crippen molar-refractivity contribution in [2.45, 2.75) is 18.4 Å². The SMILES string of the molecule is S=C(Nc1ccc(Cl)c(Cl)c1)Nc1ccc2c(c1)C=CC1(CCN(C(=S)Nc3ccccc3)CC1)O2. The van der Waals surface area contributed by atoms with E-state index in [2.05, 4.69) is 33.0 Å². The van der Waals surface area contributed by atoms with Gasteiger partial charge in [0.2, 0.25) is 0 Å². The number of nitrogens with zero attached hydrogens (tertiary/aromatic N) is 1. The second-order valence-corrected chi connectivity index (χ2v) is 10.4. The van der Waals surface area contributed by atoms with Crippen LogP contribution >= 0.6 is 47.6 Å². The van der Waals surface area contributed by atoms with Crippen molar-refractivity contribution in [3.8, 4) is 5.75 Å². The maximum absolute atomic E-state index is 6.51. The minimum absolute atomic E-state index is 0.314. The van der Waals surface area contributed by atoms with E-state index in [-0.39, 0.29) is 5.60 Å². The first-order chi connectivity index (χ1) is 17.4. The molecule has 1 fully saturated rings. The number of rotatable bonds is 3. The van der Waals surface area contributed by atoms with Crippen LogP contribution in [0.2, 0.25) is 10.0 Å². The first kappa shape index (κ1) is 24.8. The van der Waals surface area contributed by atoms with Gasteiger partial charge in [-0.2, -0.15) is 0 Å². The second-order valence-electron chi connectivity index (χ2n) is 8.74. The van der Waals surface area contributed by atoms with Gasteiger partial charge in [0.15, 0.2) is 10.2 Å². The summed E-state index contributed by atoms with van der Waals surface area (Å²) in [5.74, 6) is 0.866. The van der Waals surface area contributed by atoms with Gasteiger partial charge < -0.3 is 25.6 Å². The van der Waals surface area contributed by atoms with Crippen molar-refractivity contribution < 1.29 is 4.74 Å². The molecule has 0 saturated carbocycles. The Morgan fingerprint density at radius 3 is 2.22 bits per heavy atom. The van der Waals surface area contributed by atoms with Crippen molar-refractivity contribution in [3.05, 3.63) is 88.4 Å². The molecule has 36 heavy (non-hydrogen) atoms. The maximum Gasteiger partial charge on any atom is 0.175 e. The third-order valence-electron chi connectivity index (χ3n) is 6.25. The van der Waals surface area contributed by atoms with Crippen molar-refractivity contribution in [3.63, 3.8) is 0 Å². The predicted octanol–water partition coefficient (Wildman–Crippen LogP) is 7.44. The van der Waals surface area contributed by atoms with Crippen LogP contribution in [0.15, 0.2) is 72.8 Å². The Kier molecular flexibility index (Phi) is 7.34. The average Bonchev–Trinajstić information content (AvgIpc) is 2.87. The quantitative estimate of drug-likeness (QED) is 0.291. The lowest BCUT2D eigenvalue weighted by Crippen LogP contribution is -2.50. The molecule has 2 aliphatic rings. The molecule has 3 aromatic carbocycles. The Balaban J connectivity index is 1.18. The highest BCUT2D eigenvalue weighted by Crippen LogP contribution is 2.38. The van der Waals surface area contributed by atoms with E-state index in [4.69, 9.17) is 52.4 Å². The summed E-state index contributed by atoms with van der Waals surface area (Å²) in [5, 5.41) is 11.8. The number of thiocarbonyl (C=S) groups is 2. The lowest BCUT2D eigenvalue weighted by Gasteiger charge is -2.42. The van der Waals surface area contributed by atoms with Gasteiger partial charge in [0.1, 0.15) is 11.4 Å². The summed E-state index contributed by atoms with van der Waals surface area (Å²) in [6, 6.07) is 21.3. The molecule has 0 amide bonds. The fourth-order valence-corrected chi connectivity index (χ4v) is 5.13. The molecule has 5 rings (SSSR count). The predicted molar refractivity (Wildman–Crippen MR) is 159 cm³/mol. The molecule has 0 atom stereocenters. The van der Waals surface area contributed by atoms with Gasteiger partial charge >= 0.3 is 0 Å². The third-order valence-corrected chi connectivity index (χ3v) is 7.55. The summed E-state index contributed by atoms with van der Waals surface area (Å²) in [5.41, 5.74) is 3.32. The lowest BCUT2D eigenvalue weighted by molar-refractivity contribution is 0.0594. The summed E-state index contributed by atoms with van der Waals surface area (Å²) in [6.45, 7) is 1.65. The zero-order valence-electron chi connectivity index (χ0n) is 19.3. The lowest BCUT2D eigenvalue weighted by atomic mass is 9.88. The largest absolute Gasteiger partial charge is 0.482 e.